The van der Waals surface area contributed by atoms with Crippen molar-refractivity contribution in [3.63, 3.8) is 0 Å². The molecule has 8 nitrogen and oxygen atoms in total. The Labute approximate surface area is 450 Å². The van der Waals surface area contributed by atoms with Crippen molar-refractivity contribution in [2.45, 2.75) is 220 Å². The lowest BCUT2D eigenvalue weighted by atomic mass is 10.1. The summed E-state index contributed by atoms with van der Waals surface area (Å²) in [4.78, 5) is 9.50. The second-order valence-electron chi connectivity index (χ2n) is 20.2. The van der Waals surface area contributed by atoms with Crippen molar-refractivity contribution >= 4 is 23.8 Å². The average molecular weight is 1020 g/mol. The molecule has 0 spiro atoms. The van der Waals surface area contributed by atoms with Crippen LogP contribution in [0.2, 0.25) is 0 Å². The van der Waals surface area contributed by atoms with Gasteiger partial charge in [-0.15, -0.1) is 0 Å². The average Bonchev–Trinajstić information content (AvgIpc) is 3.42. The Hall–Kier alpha value is -4.98. The predicted octanol–water partition coefficient (Wildman–Crippen LogP) is 19.9. The first-order valence-electron chi connectivity index (χ1n) is 29.9. The highest BCUT2D eigenvalue weighted by Gasteiger charge is 2.10. The van der Waals surface area contributed by atoms with Gasteiger partial charge >= 0.3 is 0 Å². The van der Waals surface area contributed by atoms with Gasteiger partial charge in [0, 0.05) is 12.4 Å². The Morgan fingerprint density at radius 2 is 0.527 bits per heavy atom. The fraction of sp³-hybridized carbons (Fsp3) is 0.606. The van der Waals surface area contributed by atoms with E-state index < -0.39 is 0 Å². The fourth-order valence-corrected chi connectivity index (χ4v) is 8.78. The number of unbranched alkanes of at least 4 members (excludes halogenated alkanes) is 25. The minimum atomic E-state index is 0.707. The maximum absolute atomic E-state index is 6.26. The molecule has 0 aliphatic rings. The molecule has 0 N–H and O–H groups in total. The smallest absolute Gasteiger partial charge is 0.161 e. The Kier molecular flexibility index (Phi) is 35.2. The van der Waals surface area contributed by atoms with Crippen molar-refractivity contribution in [2.75, 3.05) is 39.6 Å². The van der Waals surface area contributed by atoms with Gasteiger partial charge in [-0.25, -0.2) is 0 Å². The van der Waals surface area contributed by atoms with Crippen molar-refractivity contribution < 1.29 is 28.4 Å². The molecule has 0 heterocycles. The lowest BCUT2D eigenvalue weighted by molar-refractivity contribution is 0.258. The summed E-state index contributed by atoms with van der Waals surface area (Å²) in [6, 6.07) is 28.5. The highest BCUT2D eigenvalue weighted by atomic mass is 16.5. The summed E-state index contributed by atoms with van der Waals surface area (Å²) in [5.74, 6) is 5.08. The molecule has 0 amide bonds. The molecule has 0 fully saturated rings. The zero-order valence-corrected chi connectivity index (χ0v) is 47.0. The SMILES string of the molecule is CCCCCCCOc1ccc(C=Nc2ccc(OCCCCCCCCCCCCOc3ccc(N=Cc4ccc(OCCCCCCC)c(OCCCCCCC)c4)cc3)cc2)cc1OCCCCCCC. The minimum absolute atomic E-state index is 0.707. The van der Waals surface area contributed by atoms with Crippen LogP contribution in [0, 0.1) is 0 Å². The topological polar surface area (TPSA) is 80.1 Å². The molecule has 0 saturated carbocycles. The summed E-state index contributed by atoms with van der Waals surface area (Å²) < 4.78 is 37.0. The van der Waals surface area contributed by atoms with Crippen molar-refractivity contribution in [1.82, 2.24) is 0 Å². The van der Waals surface area contributed by atoms with Gasteiger partial charge in [-0.2, -0.15) is 0 Å². The van der Waals surface area contributed by atoms with Gasteiger partial charge in [0.2, 0.25) is 0 Å². The van der Waals surface area contributed by atoms with Crippen LogP contribution in [0.1, 0.15) is 231 Å². The van der Waals surface area contributed by atoms with E-state index in [1.807, 2.05) is 73.1 Å². The molecular weight excluding hydrogens is 917 g/mol. The van der Waals surface area contributed by atoms with E-state index in [1.165, 1.54) is 154 Å². The van der Waals surface area contributed by atoms with E-state index in [4.69, 9.17) is 38.4 Å². The van der Waals surface area contributed by atoms with Crippen molar-refractivity contribution in [3.05, 3.63) is 96.1 Å². The molecule has 4 aromatic carbocycles. The second kappa shape index (κ2) is 42.3. The number of aliphatic imine (C=N–C) groups is 2. The van der Waals surface area contributed by atoms with Gasteiger partial charge in [0.15, 0.2) is 23.0 Å². The van der Waals surface area contributed by atoms with Crippen molar-refractivity contribution in [1.29, 1.82) is 0 Å². The first kappa shape index (κ1) is 61.6. The van der Waals surface area contributed by atoms with Crippen LogP contribution in [0.15, 0.2) is 94.9 Å². The molecule has 0 aromatic heterocycles. The van der Waals surface area contributed by atoms with E-state index in [2.05, 4.69) is 52.0 Å². The maximum Gasteiger partial charge on any atom is 0.161 e. The third-order valence-electron chi connectivity index (χ3n) is 13.4. The molecule has 8 heteroatoms. The van der Waals surface area contributed by atoms with Gasteiger partial charge in [-0.1, -0.05) is 182 Å². The van der Waals surface area contributed by atoms with E-state index in [0.29, 0.717) is 13.2 Å². The maximum atomic E-state index is 6.26. The third kappa shape index (κ3) is 29.2. The predicted molar refractivity (Wildman–Crippen MR) is 314 cm³/mol. The molecule has 0 unspecified atom stereocenters. The summed E-state index contributed by atoms with van der Waals surface area (Å²) in [6.45, 7) is 13.3. The fourth-order valence-electron chi connectivity index (χ4n) is 8.78. The third-order valence-corrected chi connectivity index (χ3v) is 13.4. The van der Waals surface area contributed by atoms with E-state index in [-0.39, 0.29) is 0 Å². The van der Waals surface area contributed by atoms with Crippen LogP contribution in [-0.4, -0.2) is 52.1 Å². The molecule has 0 saturated heterocycles. The summed E-state index contributed by atoms with van der Waals surface area (Å²) >= 11 is 0. The molecular formula is C66H100N2O6. The Morgan fingerprint density at radius 1 is 0.270 bits per heavy atom. The number of ether oxygens (including phenoxy) is 6. The van der Waals surface area contributed by atoms with Crippen molar-refractivity contribution in [2.24, 2.45) is 9.98 Å². The normalized spacial score (nSPS) is 11.5. The molecule has 0 aliphatic carbocycles. The highest BCUT2D eigenvalue weighted by Crippen LogP contribution is 2.31. The van der Waals surface area contributed by atoms with Gasteiger partial charge in [0.1, 0.15) is 11.5 Å². The Morgan fingerprint density at radius 3 is 0.824 bits per heavy atom. The van der Waals surface area contributed by atoms with E-state index in [9.17, 15) is 0 Å². The summed E-state index contributed by atoms with van der Waals surface area (Å²) in [5, 5.41) is 0. The summed E-state index contributed by atoms with van der Waals surface area (Å²) in [5.41, 5.74) is 3.80. The van der Waals surface area contributed by atoms with Crippen LogP contribution in [0.5, 0.6) is 34.5 Å². The summed E-state index contributed by atoms with van der Waals surface area (Å²) in [7, 11) is 0. The van der Waals surface area contributed by atoms with Gasteiger partial charge in [-0.05, 0) is 135 Å². The second-order valence-corrected chi connectivity index (χ2v) is 20.2. The lowest BCUT2D eigenvalue weighted by Crippen LogP contribution is -2.03. The molecule has 4 aromatic rings. The minimum Gasteiger partial charge on any atom is -0.494 e. The first-order chi connectivity index (χ1) is 36.6. The number of hydrogen-bond donors (Lipinski definition) is 0. The zero-order chi connectivity index (χ0) is 52.2. The van der Waals surface area contributed by atoms with Crippen LogP contribution < -0.4 is 28.4 Å². The van der Waals surface area contributed by atoms with Crippen LogP contribution in [-0.2, 0) is 0 Å². The molecule has 74 heavy (non-hydrogen) atoms. The van der Waals surface area contributed by atoms with Crippen LogP contribution in [0.25, 0.3) is 0 Å². The number of nitrogens with zero attached hydrogens (tertiary/aromatic N) is 2. The lowest BCUT2D eigenvalue weighted by Gasteiger charge is -2.14. The van der Waals surface area contributed by atoms with Crippen LogP contribution in [0.3, 0.4) is 0 Å². The van der Waals surface area contributed by atoms with Gasteiger partial charge in [0.05, 0.1) is 51.0 Å². The molecule has 0 radical (unpaired) electrons. The molecule has 0 bridgehead atoms. The molecule has 4 rings (SSSR count). The van der Waals surface area contributed by atoms with E-state index in [0.717, 1.165) is 122 Å². The van der Waals surface area contributed by atoms with Crippen LogP contribution >= 0.6 is 0 Å². The Balaban J connectivity index is 1.03. The number of rotatable bonds is 47. The Bertz CT molecular complexity index is 1870. The number of hydrogen-bond acceptors (Lipinski definition) is 8. The molecule has 410 valence electrons. The van der Waals surface area contributed by atoms with E-state index >= 15 is 0 Å². The van der Waals surface area contributed by atoms with E-state index in [1.54, 1.807) is 0 Å². The monoisotopic (exact) mass is 1020 g/mol. The quantitative estimate of drug-likeness (QED) is 0.0324. The highest BCUT2D eigenvalue weighted by molar-refractivity contribution is 5.84. The van der Waals surface area contributed by atoms with Gasteiger partial charge in [0.25, 0.3) is 0 Å². The molecule has 0 aliphatic heterocycles. The van der Waals surface area contributed by atoms with Gasteiger partial charge < -0.3 is 28.4 Å². The largest absolute Gasteiger partial charge is 0.494 e. The molecule has 0 atom stereocenters. The van der Waals surface area contributed by atoms with Crippen LogP contribution in [0.4, 0.5) is 11.4 Å². The first-order valence-corrected chi connectivity index (χ1v) is 29.9. The van der Waals surface area contributed by atoms with Gasteiger partial charge in [-0.3, -0.25) is 9.98 Å². The van der Waals surface area contributed by atoms with Crippen molar-refractivity contribution in [3.8, 4) is 34.5 Å². The standard InChI is InChI=1S/C66H100N2O6/c1-5-9-13-23-31-49-71-63-45-35-57(53-65(63)73-51-33-25-15-11-7-3)55-67-59-37-41-61(42-38-59)69-47-29-27-21-19-17-18-20-22-28-30-48-70-62-43-39-60(40-44-62)68-56-58-36-46-64(72-50-32-24-14-10-6-2)66(54-58)74-52-34-26-16-12-8-4/h35-46,53-56H,5-34,47-52H2,1-4H3. The zero-order valence-electron chi connectivity index (χ0n) is 47.0. The summed E-state index contributed by atoms with van der Waals surface area (Å²) in [6.07, 6.45) is 40.4. The number of benzene rings is 4.